The number of rotatable bonds is 8. The molecule has 1 unspecified atom stereocenters. The van der Waals surface area contributed by atoms with Crippen molar-refractivity contribution in [3.63, 3.8) is 0 Å². The van der Waals surface area contributed by atoms with Gasteiger partial charge in [0.05, 0.1) is 22.6 Å². The maximum atomic E-state index is 13.5. The summed E-state index contributed by atoms with van der Waals surface area (Å²) in [5.74, 6) is 0.0800. The number of nitrogens with one attached hydrogen (secondary N) is 1. The summed E-state index contributed by atoms with van der Waals surface area (Å²) in [6.45, 7) is 7.14. The number of hydrogen-bond donors (Lipinski definition) is 1. The van der Waals surface area contributed by atoms with Crippen molar-refractivity contribution < 1.29 is 27.8 Å². The second kappa shape index (κ2) is 11.3. The van der Waals surface area contributed by atoms with Crippen LogP contribution in [0.3, 0.4) is 0 Å². The van der Waals surface area contributed by atoms with Gasteiger partial charge in [-0.25, -0.2) is 9.48 Å². The molecule has 0 radical (unpaired) electrons. The zero-order valence-corrected chi connectivity index (χ0v) is 22.7. The van der Waals surface area contributed by atoms with Crippen LogP contribution >= 0.6 is 0 Å². The molecule has 1 aromatic heterocycles. The molecule has 1 amide bonds. The summed E-state index contributed by atoms with van der Waals surface area (Å²) in [5, 5.41) is 8.01. The van der Waals surface area contributed by atoms with E-state index in [9.17, 15) is 13.6 Å². The minimum Gasteiger partial charge on any atom is -0.444 e. The zero-order chi connectivity index (χ0) is 27.5. The Labute approximate surface area is 222 Å². The van der Waals surface area contributed by atoms with Gasteiger partial charge in [0.2, 0.25) is 0 Å². The highest BCUT2D eigenvalue weighted by molar-refractivity contribution is 5.93. The lowest BCUT2D eigenvalue weighted by atomic mass is 9.84. The predicted molar refractivity (Wildman–Crippen MR) is 142 cm³/mol. The van der Waals surface area contributed by atoms with E-state index in [1.54, 1.807) is 16.9 Å². The Hall–Kier alpha value is -3.20. The molecule has 1 N–H and O–H groups in total. The van der Waals surface area contributed by atoms with Crippen LogP contribution < -0.4 is 10.1 Å². The summed E-state index contributed by atoms with van der Waals surface area (Å²) in [5.41, 5.74) is 1.59. The first-order valence-corrected chi connectivity index (χ1v) is 13.3. The van der Waals surface area contributed by atoms with Crippen molar-refractivity contribution in [1.82, 2.24) is 15.1 Å². The molecule has 2 aromatic carbocycles. The normalized spacial score (nSPS) is 16.6. The zero-order valence-electron chi connectivity index (χ0n) is 22.7. The Balaban J connectivity index is 1.69. The van der Waals surface area contributed by atoms with Crippen molar-refractivity contribution in [3.05, 3.63) is 48.2 Å². The van der Waals surface area contributed by atoms with E-state index in [0.29, 0.717) is 41.5 Å². The number of alkyl halides is 2. The van der Waals surface area contributed by atoms with Crippen LogP contribution in [0.1, 0.15) is 78.5 Å². The maximum absolute atomic E-state index is 13.5. The molecule has 38 heavy (non-hydrogen) atoms. The first-order valence-electron chi connectivity index (χ1n) is 13.3. The third-order valence-corrected chi connectivity index (χ3v) is 7.06. The summed E-state index contributed by atoms with van der Waals surface area (Å²) in [6.07, 6.45) is 5.00. The van der Waals surface area contributed by atoms with Gasteiger partial charge in [-0.3, -0.25) is 0 Å². The van der Waals surface area contributed by atoms with Gasteiger partial charge >= 0.3 is 12.7 Å². The summed E-state index contributed by atoms with van der Waals surface area (Å²) >= 11 is 0. The van der Waals surface area contributed by atoms with Gasteiger partial charge in [0.1, 0.15) is 11.4 Å². The van der Waals surface area contributed by atoms with Crippen LogP contribution in [0.4, 0.5) is 13.6 Å². The van der Waals surface area contributed by atoms with E-state index in [1.165, 1.54) is 0 Å². The van der Waals surface area contributed by atoms with Crippen LogP contribution in [-0.4, -0.2) is 34.7 Å². The molecule has 0 saturated carbocycles. The first-order chi connectivity index (χ1) is 18.1. The molecule has 0 spiro atoms. The first kappa shape index (κ1) is 27.8. The number of carbonyl (C=O) groups excluding carboxylic acids is 1. The molecule has 1 aliphatic heterocycles. The smallest absolute Gasteiger partial charge is 0.408 e. The molecular weight excluding hydrogens is 492 g/mol. The van der Waals surface area contributed by atoms with Crippen LogP contribution in [0.5, 0.6) is 5.75 Å². The molecule has 1 saturated heterocycles. The molecular formula is C29H37F2N3O4. The average molecular weight is 530 g/mol. The van der Waals surface area contributed by atoms with Gasteiger partial charge in [-0.05, 0) is 76.1 Å². The summed E-state index contributed by atoms with van der Waals surface area (Å²) in [7, 11) is 0. The van der Waals surface area contributed by atoms with Gasteiger partial charge in [0.15, 0.2) is 6.23 Å². The molecule has 1 atom stereocenters. The van der Waals surface area contributed by atoms with Crippen molar-refractivity contribution in [2.75, 3.05) is 6.61 Å². The Morgan fingerprint density at radius 2 is 1.84 bits per heavy atom. The third-order valence-electron chi connectivity index (χ3n) is 7.06. The van der Waals surface area contributed by atoms with E-state index in [4.69, 9.17) is 14.2 Å². The monoisotopic (exact) mass is 529 g/mol. The van der Waals surface area contributed by atoms with Crippen molar-refractivity contribution in [3.8, 4) is 16.9 Å². The standard InChI is InChI=1S/C29H37F2N3O4/c1-6-29(7-2,33-27(35)38-28(3,4)5)20-13-11-19(12-14-20)21-15-16-23-22(25(21)37-26(30)31)18-32-34(23)24-10-8-9-17-36-24/h11-16,18,24,26H,6-10,17H2,1-5H3,(H,33,35). The third kappa shape index (κ3) is 5.93. The fourth-order valence-electron chi connectivity index (χ4n) is 5.06. The van der Waals surface area contributed by atoms with Crippen molar-refractivity contribution in [2.45, 2.75) is 90.7 Å². The second-order valence-electron chi connectivity index (χ2n) is 10.7. The number of benzene rings is 2. The van der Waals surface area contributed by atoms with Crippen LogP contribution in [-0.2, 0) is 15.0 Å². The molecule has 2 heterocycles. The molecule has 9 heteroatoms. The number of alkyl carbamates (subject to hydrolysis) is 1. The predicted octanol–water partition coefficient (Wildman–Crippen LogP) is 7.54. The minimum atomic E-state index is -2.99. The number of hydrogen-bond acceptors (Lipinski definition) is 5. The van der Waals surface area contributed by atoms with Gasteiger partial charge < -0.3 is 19.5 Å². The van der Waals surface area contributed by atoms with E-state index in [0.717, 1.165) is 24.8 Å². The van der Waals surface area contributed by atoms with Crippen LogP contribution in [0.15, 0.2) is 42.6 Å². The maximum Gasteiger partial charge on any atom is 0.408 e. The highest BCUT2D eigenvalue weighted by Gasteiger charge is 2.32. The SMILES string of the molecule is CCC(CC)(NC(=O)OC(C)(C)C)c1ccc(-c2ccc3c(cnn3C3CCCCO3)c2OC(F)F)cc1. The topological polar surface area (TPSA) is 74.6 Å². The molecule has 0 bridgehead atoms. The lowest BCUT2D eigenvalue weighted by molar-refractivity contribution is -0.0484. The molecule has 1 fully saturated rings. The highest BCUT2D eigenvalue weighted by atomic mass is 19.3. The summed E-state index contributed by atoms with van der Waals surface area (Å²) < 4.78 is 45.2. The van der Waals surface area contributed by atoms with E-state index < -0.39 is 23.8 Å². The van der Waals surface area contributed by atoms with Gasteiger partial charge in [-0.1, -0.05) is 38.1 Å². The summed E-state index contributed by atoms with van der Waals surface area (Å²) in [4.78, 5) is 12.6. The largest absolute Gasteiger partial charge is 0.444 e. The molecule has 1 aliphatic rings. The lowest BCUT2D eigenvalue weighted by Crippen LogP contribution is -2.47. The fourth-order valence-corrected chi connectivity index (χ4v) is 5.06. The molecule has 206 valence electrons. The van der Waals surface area contributed by atoms with Crippen molar-refractivity contribution >= 4 is 17.0 Å². The van der Waals surface area contributed by atoms with Crippen molar-refractivity contribution in [2.24, 2.45) is 0 Å². The average Bonchev–Trinajstić information content (AvgIpc) is 3.32. The highest BCUT2D eigenvalue weighted by Crippen LogP contribution is 2.40. The minimum absolute atomic E-state index is 0.0800. The summed E-state index contributed by atoms with van der Waals surface area (Å²) in [6, 6.07) is 11.2. The second-order valence-corrected chi connectivity index (χ2v) is 10.7. The van der Waals surface area contributed by atoms with Gasteiger partial charge in [-0.2, -0.15) is 13.9 Å². The Bertz CT molecular complexity index is 1240. The van der Waals surface area contributed by atoms with E-state index in [-0.39, 0.29) is 12.0 Å². The molecule has 7 nitrogen and oxygen atoms in total. The number of nitrogens with zero attached hydrogens (tertiary/aromatic N) is 2. The Morgan fingerprint density at radius 1 is 1.13 bits per heavy atom. The lowest BCUT2D eigenvalue weighted by Gasteiger charge is -2.34. The van der Waals surface area contributed by atoms with Gasteiger partial charge in [-0.15, -0.1) is 0 Å². The van der Waals surface area contributed by atoms with E-state index in [1.807, 2.05) is 65.0 Å². The van der Waals surface area contributed by atoms with Gasteiger partial charge in [0.25, 0.3) is 0 Å². The van der Waals surface area contributed by atoms with Crippen LogP contribution in [0.2, 0.25) is 0 Å². The van der Waals surface area contributed by atoms with E-state index >= 15 is 0 Å². The van der Waals surface area contributed by atoms with Crippen LogP contribution in [0.25, 0.3) is 22.0 Å². The number of carbonyl (C=O) groups is 1. The molecule has 0 aliphatic carbocycles. The fraction of sp³-hybridized carbons (Fsp3) is 0.517. The Morgan fingerprint density at radius 3 is 2.42 bits per heavy atom. The molecule has 4 rings (SSSR count). The van der Waals surface area contributed by atoms with E-state index in [2.05, 4.69) is 10.4 Å². The number of ether oxygens (including phenoxy) is 3. The molecule has 3 aromatic rings. The number of fused-ring (bicyclic) bond motifs is 1. The number of halogens is 2. The quantitative estimate of drug-likeness (QED) is 0.326. The number of aromatic nitrogens is 2. The van der Waals surface area contributed by atoms with Crippen LogP contribution in [0, 0.1) is 0 Å². The number of amides is 1. The Kier molecular flexibility index (Phi) is 8.25. The van der Waals surface area contributed by atoms with Crippen molar-refractivity contribution in [1.29, 1.82) is 0 Å². The van der Waals surface area contributed by atoms with Gasteiger partial charge in [0, 0.05) is 12.2 Å².